The van der Waals surface area contributed by atoms with Gasteiger partial charge in [-0.15, -0.1) is 13.2 Å². The Morgan fingerprint density at radius 1 is 1.14 bits per heavy atom. The Kier molecular flexibility index (Phi) is 6.42. The molecule has 1 heterocycles. The fourth-order valence-corrected chi connectivity index (χ4v) is 5.22. The third-order valence-electron chi connectivity index (χ3n) is 6.28. The molecule has 1 N–H and O–H groups in total. The molecule has 3 aromatic rings. The predicted octanol–water partition coefficient (Wildman–Crippen LogP) is 6.99. The Morgan fingerprint density at radius 2 is 1.83 bits per heavy atom. The van der Waals surface area contributed by atoms with Crippen LogP contribution >= 0.6 is 0 Å². The minimum absolute atomic E-state index is 0.00235. The first-order chi connectivity index (χ1) is 16.4. The first-order valence-corrected chi connectivity index (χ1v) is 11.3. The van der Waals surface area contributed by atoms with E-state index in [0.717, 1.165) is 19.3 Å². The van der Waals surface area contributed by atoms with E-state index in [1.165, 1.54) is 37.4 Å². The number of nitrogens with zero attached hydrogens (tertiary/aromatic N) is 2. The van der Waals surface area contributed by atoms with Crippen LogP contribution in [-0.2, 0) is 4.74 Å². The van der Waals surface area contributed by atoms with Gasteiger partial charge < -0.3 is 19.4 Å². The number of esters is 1. The number of fused-ring (bicyclic) bond motifs is 1. The number of anilines is 2. The Bertz CT molecular complexity index is 1240. The highest BCUT2D eigenvalue weighted by Crippen LogP contribution is 2.46. The number of halogens is 4. The van der Waals surface area contributed by atoms with Gasteiger partial charge in [-0.25, -0.2) is 14.2 Å². The van der Waals surface area contributed by atoms with Crippen LogP contribution in [0.3, 0.4) is 0 Å². The van der Waals surface area contributed by atoms with E-state index in [4.69, 9.17) is 0 Å². The summed E-state index contributed by atoms with van der Waals surface area (Å²) >= 11 is 0. The third kappa shape index (κ3) is 5.36. The van der Waals surface area contributed by atoms with Gasteiger partial charge in [-0.05, 0) is 67.0 Å². The maximum absolute atomic E-state index is 15.3. The van der Waals surface area contributed by atoms with E-state index >= 15 is 4.39 Å². The first-order valence-electron chi connectivity index (χ1n) is 11.3. The highest BCUT2D eigenvalue weighted by Gasteiger charge is 2.35. The van der Waals surface area contributed by atoms with Gasteiger partial charge in [0.15, 0.2) is 5.82 Å². The van der Waals surface area contributed by atoms with Gasteiger partial charge in [0.25, 0.3) is 0 Å². The molecule has 4 rings (SSSR count). The summed E-state index contributed by atoms with van der Waals surface area (Å²) in [5.41, 5.74) is 0.820. The van der Waals surface area contributed by atoms with Crippen molar-refractivity contribution in [3.8, 4) is 5.75 Å². The summed E-state index contributed by atoms with van der Waals surface area (Å²) in [7, 11) is 1.18. The zero-order chi connectivity index (χ0) is 25.5. The molecule has 0 saturated heterocycles. The molecule has 188 valence electrons. The number of carbonyl (C=O) groups is 1. The zero-order valence-corrected chi connectivity index (χ0v) is 19.9. The molecule has 1 aliphatic rings. The molecule has 1 fully saturated rings. The summed E-state index contributed by atoms with van der Waals surface area (Å²) in [6, 6.07) is 8.25. The van der Waals surface area contributed by atoms with Gasteiger partial charge in [0.1, 0.15) is 11.3 Å². The van der Waals surface area contributed by atoms with Crippen LogP contribution in [0.25, 0.3) is 11.0 Å². The van der Waals surface area contributed by atoms with E-state index in [9.17, 15) is 18.0 Å². The molecule has 0 amide bonds. The van der Waals surface area contributed by atoms with Crippen LogP contribution in [-0.4, -0.2) is 29.0 Å². The topological polar surface area (TPSA) is 65.4 Å². The summed E-state index contributed by atoms with van der Waals surface area (Å²) in [6.07, 6.45) is -2.05. The van der Waals surface area contributed by atoms with Crippen LogP contribution in [0.1, 0.15) is 56.4 Å². The molecule has 10 heteroatoms. The maximum Gasteiger partial charge on any atom is 0.573 e. The number of hydrogen-bond acceptors (Lipinski definition) is 5. The predicted molar refractivity (Wildman–Crippen MR) is 123 cm³/mol. The second kappa shape index (κ2) is 9.05. The van der Waals surface area contributed by atoms with Crippen molar-refractivity contribution in [1.29, 1.82) is 0 Å². The lowest BCUT2D eigenvalue weighted by molar-refractivity contribution is -0.274. The Hall–Kier alpha value is -3.30. The molecule has 0 radical (unpaired) electrons. The normalized spacial score (nSPS) is 20.0. The first kappa shape index (κ1) is 24.8. The van der Waals surface area contributed by atoms with Crippen molar-refractivity contribution in [3.63, 3.8) is 0 Å². The summed E-state index contributed by atoms with van der Waals surface area (Å²) in [4.78, 5) is 16.5. The van der Waals surface area contributed by atoms with Crippen LogP contribution in [0.5, 0.6) is 5.75 Å². The Morgan fingerprint density at radius 3 is 2.43 bits per heavy atom. The molecule has 1 aromatic heterocycles. The Labute approximate surface area is 200 Å². The fourth-order valence-electron chi connectivity index (χ4n) is 5.22. The lowest BCUT2D eigenvalue weighted by atomic mass is 9.70. The van der Waals surface area contributed by atoms with Gasteiger partial charge in [-0.3, -0.25) is 0 Å². The van der Waals surface area contributed by atoms with Crippen molar-refractivity contribution in [2.24, 2.45) is 11.3 Å². The number of methoxy groups -OCH3 is 1. The molecule has 1 saturated carbocycles. The van der Waals surface area contributed by atoms with Gasteiger partial charge in [-0.2, -0.15) is 0 Å². The SMILES string of the molecule is COC(=O)c1ccc2c(nc(Nc3ccc(OC(F)(F)F)cc3)n2C2CC(C)CC(C)(C)C2)c1F. The van der Waals surface area contributed by atoms with Crippen LogP contribution in [0.2, 0.25) is 0 Å². The summed E-state index contributed by atoms with van der Waals surface area (Å²) < 4.78 is 63.3. The number of carbonyl (C=O) groups excluding carboxylic acids is 1. The fraction of sp³-hybridized carbons (Fsp3) is 0.440. The average molecular weight is 494 g/mol. The van der Waals surface area contributed by atoms with E-state index in [1.54, 1.807) is 6.07 Å². The standard InChI is InChI=1S/C25H27F4N3O3/c1-14-11-16(13-24(2,3)12-14)32-19-10-9-18(22(33)34-4)20(26)21(19)31-23(32)30-15-5-7-17(8-6-15)35-25(27,28)29/h5-10,14,16H,11-13H2,1-4H3,(H,30,31). The molecule has 2 aromatic carbocycles. The van der Waals surface area contributed by atoms with Gasteiger partial charge in [-0.1, -0.05) is 20.8 Å². The quantitative estimate of drug-likeness (QED) is 0.307. The van der Waals surface area contributed by atoms with Gasteiger partial charge in [0.05, 0.1) is 18.2 Å². The lowest BCUT2D eigenvalue weighted by Gasteiger charge is -2.40. The molecular weight excluding hydrogens is 466 g/mol. The van der Waals surface area contributed by atoms with Crippen molar-refractivity contribution in [2.75, 3.05) is 12.4 Å². The summed E-state index contributed by atoms with van der Waals surface area (Å²) in [6.45, 7) is 6.56. The lowest BCUT2D eigenvalue weighted by Crippen LogP contribution is -2.29. The van der Waals surface area contributed by atoms with Gasteiger partial charge in [0.2, 0.25) is 5.95 Å². The zero-order valence-electron chi connectivity index (χ0n) is 19.9. The highest BCUT2D eigenvalue weighted by molar-refractivity contribution is 5.95. The van der Waals surface area contributed by atoms with Crippen molar-refractivity contribution in [3.05, 3.63) is 47.8 Å². The van der Waals surface area contributed by atoms with Crippen LogP contribution in [0, 0.1) is 17.2 Å². The monoisotopic (exact) mass is 493 g/mol. The van der Waals surface area contributed by atoms with Gasteiger partial charge in [0, 0.05) is 11.7 Å². The molecule has 6 nitrogen and oxygen atoms in total. The molecule has 2 atom stereocenters. The molecule has 35 heavy (non-hydrogen) atoms. The number of imidazole rings is 1. The summed E-state index contributed by atoms with van der Waals surface area (Å²) in [5, 5.41) is 3.11. The number of aromatic nitrogens is 2. The molecule has 0 spiro atoms. The molecule has 1 aliphatic carbocycles. The maximum atomic E-state index is 15.3. The van der Waals surface area contributed by atoms with Crippen LogP contribution in [0.4, 0.5) is 29.2 Å². The minimum Gasteiger partial charge on any atom is -0.465 e. The number of nitrogens with one attached hydrogen (secondary N) is 1. The van der Waals surface area contributed by atoms with Crippen molar-refractivity contribution >= 4 is 28.6 Å². The highest BCUT2D eigenvalue weighted by atomic mass is 19.4. The molecule has 0 aliphatic heterocycles. The molecule has 2 unspecified atom stereocenters. The number of hydrogen-bond donors (Lipinski definition) is 1. The second-order valence-electron chi connectivity index (χ2n) is 9.86. The van der Waals surface area contributed by atoms with Crippen LogP contribution in [0.15, 0.2) is 36.4 Å². The number of rotatable bonds is 5. The van der Waals surface area contributed by atoms with Crippen LogP contribution < -0.4 is 10.1 Å². The van der Waals surface area contributed by atoms with Crippen molar-refractivity contribution < 1.29 is 31.8 Å². The molecular formula is C25H27F4N3O3. The smallest absolute Gasteiger partial charge is 0.465 e. The average Bonchev–Trinajstić information content (AvgIpc) is 3.11. The van der Waals surface area contributed by atoms with Gasteiger partial charge >= 0.3 is 12.3 Å². The summed E-state index contributed by atoms with van der Waals surface area (Å²) in [5.74, 6) is -1.19. The molecule has 0 bridgehead atoms. The number of benzene rings is 2. The third-order valence-corrected chi connectivity index (χ3v) is 6.28. The van der Waals surface area contributed by atoms with E-state index in [2.05, 4.69) is 40.5 Å². The van der Waals surface area contributed by atoms with E-state index in [0.29, 0.717) is 23.1 Å². The van der Waals surface area contributed by atoms with Crippen molar-refractivity contribution in [2.45, 2.75) is 52.4 Å². The van der Waals surface area contributed by atoms with E-state index in [1.807, 2.05) is 4.57 Å². The second-order valence-corrected chi connectivity index (χ2v) is 9.86. The Balaban J connectivity index is 1.78. The van der Waals surface area contributed by atoms with E-state index < -0.39 is 18.1 Å². The largest absolute Gasteiger partial charge is 0.573 e. The van der Waals surface area contributed by atoms with E-state index in [-0.39, 0.29) is 28.3 Å². The van der Waals surface area contributed by atoms with Crippen molar-refractivity contribution in [1.82, 2.24) is 9.55 Å². The number of alkyl halides is 3. The number of ether oxygens (including phenoxy) is 2. The minimum atomic E-state index is -4.79.